The Morgan fingerprint density at radius 2 is 1.90 bits per heavy atom. The molecule has 0 atom stereocenters. The molecule has 9 nitrogen and oxygen atoms in total. The second-order valence-corrected chi connectivity index (χ2v) is 7.30. The molecule has 0 aliphatic rings. The first-order valence-corrected chi connectivity index (χ1v) is 9.80. The number of hydrogen-bond acceptors (Lipinski definition) is 6. The van der Waals surface area contributed by atoms with Gasteiger partial charge in [-0.15, -0.1) is 0 Å². The maximum Gasteiger partial charge on any atom is 0.364 e. The monoisotopic (exact) mass is 420 g/mol. The maximum atomic E-state index is 12.1. The zero-order valence-corrected chi connectivity index (χ0v) is 18.1. The summed E-state index contributed by atoms with van der Waals surface area (Å²) in [4.78, 5) is 25.5. The Labute approximate surface area is 179 Å². The molecule has 31 heavy (non-hydrogen) atoms. The second-order valence-electron chi connectivity index (χ2n) is 7.30. The number of H-pyrrole nitrogens is 1. The van der Waals surface area contributed by atoms with Gasteiger partial charge in [0.05, 0.1) is 18.5 Å². The van der Waals surface area contributed by atoms with E-state index in [1.165, 1.54) is 9.36 Å². The zero-order chi connectivity index (χ0) is 22.1. The second kappa shape index (κ2) is 8.10. The van der Waals surface area contributed by atoms with Gasteiger partial charge < -0.3 is 9.47 Å². The predicted octanol–water partition coefficient (Wildman–Crippen LogP) is 2.87. The third-order valence-electron chi connectivity index (χ3n) is 5.15. The van der Waals surface area contributed by atoms with Gasteiger partial charge in [-0.05, 0) is 38.5 Å². The highest BCUT2D eigenvalue weighted by Gasteiger charge is 2.16. The van der Waals surface area contributed by atoms with Crippen molar-refractivity contribution in [2.24, 2.45) is 7.05 Å². The average Bonchev–Trinajstić information content (AvgIpc) is 2.78. The molecule has 0 spiro atoms. The normalized spacial score (nSPS) is 11.0. The van der Waals surface area contributed by atoms with Gasteiger partial charge in [0.1, 0.15) is 6.61 Å². The summed E-state index contributed by atoms with van der Waals surface area (Å²) >= 11 is 0. The Balaban J connectivity index is 1.63. The Morgan fingerprint density at radius 3 is 2.61 bits per heavy atom. The van der Waals surface area contributed by atoms with Crippen molar-refractivity contribution < 1.29 is 9.47 Å². The highest BCUT2D eigenvalue weighted by atomic mass is 16.5. The van der Waals surface area contributed by atoms with Crippen molar-refractivity contribution in [3.05, 3.63) is 69.4 Å². The highest BCUT2D eigenvalue weighted by Crippen LogP contribution is 2.27. The van der Waals surface area contributed by atoms with Gasteiger partial charge in [-0.1, -0.05) is 12.1 Å². The Hall–Kier alpha value is -3.88. The van der Waals surface area contributed by atoms with Crippen LogP contribution in [0.3, 0.4) is 0 Å². The highest BCUT2D eigenvalue weighted by molar-refractivity contribution is 5.60. The molecule has 3 heterocycles. The van der Waals surface area contributed by atoms with Gasteiger partial charge in [-0.2, -0.15) is 9.67 Å². The Bertz CT molecular complexity index is 1300. The number of nitrogens with one attached hydrogen (secondary N) is 1. The SMILES string of the molecule is COc1ccnc(-c2cc(C)c(OCc3c(C)cccc3-n3[nH]n(C)c3=O)nc2C)n1. The zero-order valence-electron chi connectivity index (χ0n) is 18.1. The molecule has 4 aromatic rings. The average molecular weight is 420 g/mol. The smallest absolute Gasteiger partial charge is 0.364 e. The van der Waals surface area contributed by atoms with Crippen LogP contribution in [-0.4, -0.2) is 36.6 Å². The first-order valence-electron chi connectivity index (χ1n) is 9.80. The predicted molar refractivity (Wildman–Crippen MR) is 116 cm³/mol. The molecular formula is C22H24N6O3. The van der Waals surface area contributed by atoms with E-state index < -0.39 is 0 Å². The minimum atomic E-state index is -0.125. The fourth-order valence-electron chi connectivity index (χ4n) is 3.36. The lowest BCUT2D eigenvalue weighted by atomic mass is 10.1. The number of aryl methyl sites for hydroxylation is 4. The molecule has 9 heteroatoms. The van der Waals surface area contributed by atoms with Crippen molar-refractivity contribution in [3.63, 3.8) is 0 Å². The van der Waals surface area contributed by atoms with E-state index in [1.807, 2.05) is 45.0 Å². The molecule has 0 saturated heterocycles. The summed E-state index contributed by atoms with van der Waals surface area (Å²) in [5.41, 5.74) is 5.00. The van der Waals surface area contributed by atoms with Crippen LogP contribution in [0.25, 0.3) is 17.1 Å². The van der Waals surface area contributed by atoms with Crippen LogP contribution >= 0.6 is 0 Å². The van der Waals surface area contributed by atoms with E-state index in [0.717, 1.165) is 33.6 Å². The summed E-state index contributed by atoms with van der Waals surface area (Å²) in [6.07, 6.45) is 1.66. The van der Waals surface area contributed by atoms with Gasteiger partial charge in [-0.25, -0.2) is 24.7 Å². The first kappa shape index (κ1) is 20.4. The lowest BCUT2D eigenvalue weighted by molar-refractivity contribution is 0.289. The largest absolute Gasteiger partial charge is 0.481 e. The van der Waals surface area contributed by atoms with E-state index in [4.69, 9.17) is 9.47 Å². The third kappa shape index (κ3) is 3.81. The van der Waals surface area contributed by atoms with Crippen LogP contribution in [0, 0.1) is 20.8 Å². The third-order valence-corrected chi connectivity index (χ3v) is 5.15. The summed E-state index contributed by atoms with van der Waals surface area (Å²) in [6, 6.07) is 9.45. The van der Waals surface area contributed by atoms with Crippen LogP contribution in [0.1, 0.15) is 22.4 Å². The van der Waals surface area contributed by atoms with E-state index in [-0.39, 0.29) is 12.3 Å². The number of methoxy groups -OCH3 is 1. The molecule has 3 aromatic heterocycles. The number of benzene rings is 1. The van der Waals surface area contributed by atoms with E-state index >= 15 is 0 Å². The fourth-order valence-corrected chi connectivity index (χ4v) is 3.36. The molecule has 0 fully saturated rings. The summed E-state index contributed by atoms with van der Waals surface area (Å²) in [5.74, 6) is 1.57. The standard InChI is InChI=1S/C22H24N6O3/c1-13-7-6-8-18(28-22(29)27(4)26-28)17(13)12-31-21-14(2)11-16(15(3)24-21)20-23-10-9-19(25-20)30-5/h6-11,26H,12H2,1-5H3. The fraction of sp³-hybridized carbons (Fsp3) is 0.273. The van der Waals surface area contributed by atoms with E-state index in [1.54, 1.807) is 26.4 Å². The van der Waals surface area contributed by atoms with Gasteiger partial charge in [0.15, 0.2) is 5.82 Å². The van der Waals surface area contributed by atoms with Crippen molar-refractivity contribution >= 4 is 0 Å². The minimum absolute atomic E-state index is 0.125. The van der Waals surface area contributed by atoms with Gasteiger partial charge in [0, 0.05) is 36.0 Å². The quantitative estimate of drug-likeness (QED) is 0.515. The Morgan fingerprint density at radius 1 is 1.10 bits per heavy atom. The van der Waals surface area contributed by atoms with Crippen molar-refractivity contribution in [1.82, 2.24) is 29.5 Å². The van der Waals surface area contributed by atoms with Gasteiger partial charge >= 0.3 is 5.69 Å². The minimum Gasteiger partial charge on any atom is -0.481 e. The lowest BCUT2D eigenvalue weighted by Crippen LogP contribution is -2.40. The number of aromatic nitrogens is 6. The van der Waals surface area contributed by atoms with Crippen molar-refractivity contribution in [2.45, 2.75) is 27.4 Å². The lowest BCUT2D eigenvalue weighted by Gasteiger charge is -2.19. The molecule has 0 aliphatic heterocycles. The van der Waals surface area contributed by atoms with E-state index in [0.29, 0.717) is 17.6 Å². The van der Waals surface area contributed by atoms with Crippen molar-refractivity contribution in [1.29, 1.82) is 0 Å². The summed E-state index contributed by atoms with van der Waals surface area (Å²) in [5, 5.41) is 2.95. The molecule has 0 radical (unpaired) electrons. The van der Waals surface area contributed by atoms with Crippen molar-refractivity contribution in [3.8, 4) is 28.8 Å². The number of rotatable bonds is 6. The van der Waals surface area contributed by atoms with Crippen LogP contribution in [0.15, 0.2) is 41.3 Å². The number of aromatic amines is 1. The first-order chi connectivity index (χ1) is 14.9. The topological polar surface area (TPSA) is 99.8 Å². The molecule has 0 saturated carbocycles. The van der Waals surface area contributed by atoms with Gasteiger partial charge in [-0.3, -0.25) is 0 Å². The molecular weight excluding hydrogens is 396 g/mol. The summed E-state index contributed by atoms with van der Waals surface area (Å²) < 4.78 is 14.2. The molecule has 0 unspecified atom stereocenters. The number of hydrogen-bond donors (Lipinski definition) is 1. The molecule has 1 aromatic carbocycles. The van der Waals surface area contributed by atoms with E-state index in [9.17, 15) is 4.79 Å². The van der Waals surface area contributed by atoms with Crippen LogP contribution in [0.2, 0.25) is 0 Å². The molecule has 0 aliphatic carbocycles. The maximum absolute atomic E-state index is 12.1. The van der Waals surface area contributed by atoms with Crippen LogP contribution in [-0.2, 0) is 13.7 Å². The summed E-state index contributed by atoms with van der Waals surface area (Å²) in [7, 11) is 3.25. The number of ether oxygens (including phenoxy) is 2. The number of nitrogens with zero attached hydrogens (tertiary/aromatic N) is 5. The van der Waals surface area contributed by atoms with Crippen LogP contribution in [0.4, 0.5) is 0 Å². The van der Waals surface area contributed by atoms with Crippen molar-refractivity contribution in [2.75, 3.05) is 7.11 Å². The molecule has 0 bridgehead atoms. The summed E-state index contributed by atoms with van der Waals surface area (Å²) in [6.45, 7) is 6.09. The van der Waals surface area contributed by atoms with Gasteiger partial charge in [0.25, 0.3) is 0 Å². The van der Waals surface area contributed by atoms with Crippen LogP contribution in [0.5, 0.6) is 11.8 Å². The van der Waals surface area contributed by atoms with E-state index in [2.05, 4.69) is 20.2 Å². The molecule has 160 valence electrons. The van der Waals surface area contributed by atoms with Gasteiger partial charge in [0.2, 0.25) is 11.8 Å². The number of pyridine rings is 1. The molecule has 4 rings (SSSR count). The molecule has 0 amide bonds. The Kier molecular flexibility index (Phi) is 5.33. The van der Waals surface area contributed by atoms with Crippen LogP contribution < -0.4 is 15.2 Å². The molecule has 1 N–H and O–H groups in total.